The van der Waals surface area contributed by atoms with E-state index in [1.54, 1.807) is 0 Å². The van der Waals surface area contributed by atoms with Crippen molar-refractivity contribution in [2.45, 2.75) is 129 Å². The maximum absolute atomic E-state index is 11.9. The van der Waals surface area contributed by atoms with Gasteiger partial charge in [0.05, 0.1) is 27.1 Å². The second-order valence-electron chi connectivity index (χ2n) is 10.4. The number of hydrogen-bond acceptors (Lipinski definition) is 4. The van der Waals surface area contributed by atoms with Gasteiger partial charge in [0.15, 0.2) is 0 Å². The Hall–Kier alpha value is -1.06. The predicted molar refractivity (Wildman–Crippen MR) is 123 cm³/mol. The fourth-order valence-electron chi connectivity index (χ4n) is 5.07. The summed E-state index contributed by atoms with van der Waals surface area (Å²) >= 11 is 0. The van der Waals surface area contributed by atoms with Gasteiger partial charge in [0, 0.05) is 0 Å². The lowest BCUT2D eigenvalue weighted by atomic mass is 9.76. The molecule has 1 fully saturated rings. The number of rotatable bonds is 4. The molecule has 0 aliphatic heterocycles. The second kappa shape index (κ2) is 14.9. The average Bonchev–Trinajstić information content (AvgIpc) is 2.71. The lowest BCUT2D eigenvalue weighted by molar-refractivity contribution is -0.144. The highest BCUT2D eigenvalue weighted by atomic mass is 16.5. The number of esters is 2. The van der Waals surface area contributed by atoms with Gasteiger partial charge in [-0.3, -0.25) is 9.59 Å². The van der Waals surface area contributed by atoms with Gasteiger partial charge in [0.2, 0.25) is 0 Å². The lowest BCUT2D eigenvalue weighted by Gasteiger charge is -2.29. The van der Waals surface area contributed by atoms with Crippen LogP contribution in [0, 0.1) is 10.8 Å². The van der Waals surface area contributed by atoms with Crippen LogP contribution >= 0.6 is 0 Å². The van der Waals surface area contributed by atoms with Crippen molar-refractivity contribution < 1.29 is 19.1 Å². The fourth-order valence-corrected chi connectivity index (χ4v) is 5.07. The summed E-state index contributed by atoms with van der Waals surface area (Å²) in [5.74, 6) is -0.121. The summed E-state index contributed by atoms with van der Waals surface area (Å²) in [6.07, 6.45) is 20.5. The molecule has 1 aliphatic rings. The van der Waals surface area contributed by atoms with E-state index in [4.69, 9.17) is 9.47 Å². The minimum Gasteiger partial charge on any atom is -0.469 e. The summed E-state index contributed by atoms with van der Waals surface area (Å²) in [6, 6.07) is 0. The van der Waals surface area contributed by atoms with Gasteiger partial charge in [0.1, 0.15) is 0 Å². The summed E-state index contributed by atoms with van der Waals surface area (Å²) in [4.78, 5) is 23.8. The molecule has 0 bridgehead atoms. The van der Waals surface area contributed by atoms with Gasteiger partial charge in [-0.1, -0.05) is 90.9 Å². The first kappa shape index (κ1) is 27.0. The number of hydrogen-bond donors (Lipinski definition) is 0. The van der Waals surface area contributed by atoms with E-state index in [0.29, 0.717) is 12.8 Å². The predicted octanol–water partition coefficient (Wildman–Crippen LogP) is 7.38. The highest BCUT2D eigenvalue weighted by Gasteiger charge is 2.28. The van der Waals surface area contributed by atoms with E-state index in [9.17, 15) is 9.59 Å². The molecular weight excluding hydrogens is 376 g/mol. The van der Waals surface area contributed by atoms with E-state index in [0.717, 1.165) is 25.7 Å². The van der Waals surface area contributed by atoms with Crippen LogP contribution in [0.25, 0.3) is 0 Å². The molecule has 0 atom stereocenters. The highest BCUT2D eigenvalue weighted by molar-refractivity contribution is 5.70. The molecule has 0 spiro atoms. The molecule has 0 N–H and O–H groups in total. The zero-order chi connectivity index (χ0) is 22.3. The highest BCUT2D eigenvalue weighted by Crippen LogP contribution is 2.37. The molecule has 4 heteroatoms. The molecule has 0 aromatic carbocycles. The molecule has 0 amide bonds. The molecular formula is C26H48O4. The monoisotopic (exact) mass is 424 g/mol. The zero-order valence-corrected chi connectivity index (χ0v) is 20.4. The Bertz CT molecular complexity index is 421. The van der Waals surface area contributed by atoms with Crippen LogP contribution in [0.1, 0.15) is 129 Å². The molecule has 1 aliphatic carbocycles. The quantitative estimate of drug-likeness (QED) is 0.442. The van der Waals surface area contributed by atoms with Crippen molar-refractivity contribution in [3.63, 3.8) is 0 Å². The third-order valence-electron chi connectivity index (χ3n) is 7.22. The van der Waals surface area contributed by atoms with E-state index in [-0.39, 0.29) is 22.8 Å². The van der Waals surface area contributed by atoms with Crippen molar-refractivity contribution in [1.82, 2.24) is 0 Å². The molecule has 0 aromatic heterocycles. The Morgan fingerprint density at radius 1 is 0.533 bits per heavy atom. The van der Waals surface area contributed by atoms with Crippen molar-refractivity contribution in [2.24, 2.45) is 10.8 Å². The van der Waals surface area contributed by atoms with Crippen LogP contribution in [-0.4, -0.2) is 26.2 Å². The third kappa shape index (κ3) is 12.0. The first-order valence-corrected chi connectivity index (χ1v) is 12.5. The van der Waals surface area contributed by atoms with Crippen LogP contribution < -0.4 is 0 Å². The largest absolute Gasteiger partial charge is 0.469 e. The zero-order valence-electron chi connectivity index (χ0n) is 20.4. The molecule has 0 heterocycles. The van der Waals surface area contributed by atoms with Crippen molar-refractivity contribution >= 4 is 11.9 Å². The molecule has 4 nitrogen and oxygen atoms in total. The Kier molecular flexibility index (Phi) is 13.4. The van der Waals surface area contributed by atoms with Crippen LogP contribution in [0.4, 0.5) is 0 Å². The van der Waals surface area contributed by atoms with Crippen LogP contribution in [0.3, 0.4) is 0 Å². The maximum atomic E-state index is 11.9. The summed E-state index contributed by atoms with van der Waals surface area (Å²) < 4.78 is 9.93. The third-order valence-corrected chi connectivity index (χ3v) is 7.22. The lowest BCUT2D eigenvalue weighted by Crippen LogP contribution is -2.22. The van der Waals surface area contributed by atoms with Crippen molar-refractivity contribution in [3.8, 4) is 0 Å². The number of methoxy groups -OCH3 is 2. The fraction of sp³-hybridized carbons (Fsp3) is 0.923. The Morgan fingerprint density at radius 3 is 1.00 bits per heavy atom. The molecule has 176 valence electrons. The van der Waals surface area contributed by atoms with Crippen molar-refractivity contribution in [3.05, 3.63) is 0 Å². The summed E-state index contributed by atoms with van der Waals surface area (Å²) in [5, 5.41) is 0. The molecule has 1 rings (SSSR count). The first-order chi connectivity index (χ1) is 14.3. The van der Waals surface area contributed by atoms with Crippen LogP contribution in [0.2, 0.25) is 0 Å². The summed E-state index contributed by atoms with van der Waals surface area (Å²) in [6.45, 7) is 4.56. The summed E-state index contributed by atoms with van der Waals surface area (Å²) in [7, 11) is 3.01. The van der Waals surface area contributed by atoms with E-state index >= 15 is 0 Å². The van der Waals surface area contributed by atoms with Crippen molar-refractivity contribution in [2.75, 3.05) is 14.2 Å². The molecule has 0 aromatic rings. The smallest absolute Gasteiger partial charge is 0.306 e. The normalized spacial score (nSPS) is 28.7. The Morgan fingerprint density at radius 2 is 0.767 bits per heavy atom. The van der Waals surface area contributed by atoms with Gasteiger partial charge in [-0.25, -0.2) is 0 Å². The first-order valence-electron chi connectivity index (χ1n) is 12.5. The second-order valence-corrected chi connectivity index (χ2v) is 10.4. The maximum Gasteiger partial charge on any atom is 0.306 e. The average molecular weight is 425 g/mol. The molecule has 1 saturated carbocycles. The van der Waals surface area contributed by atoms with Crippen molar-refractivity contribution in [1.29, 1.82) is 0 Å². The van der Waals surface area contributed by atoms with Crippen LogP contribution in [0.5, 0.6) is 0 Å². The topological polar surface area (TPSA) is 52.6 Å². The standard InChI is InChI=1S/C26H48O4/c1-25(21-23(27)29-3)17-13-9-5-7-11-15-19-26(2,22-24(28)30-4)20-16-12-8-6-10-14-18-25/h5-22H2,1-4H3. The van der Waals surface area contributed by atoms with E-state index < -0.39 is 0 Å². The van der Waals surface area contributed by atoms with E-state index in [1.807, 2.05) is 0 Å². The number of ether oxygens (including phenoxy) is 2. The summed E-state index contributed by atoms with van der Waals surface area (Å²) in [5.41, 5.74) is 0.183. The van der Waals surface area contributed by atoms with Gasteiger partial charge in [-0.05, 0) is 36.5 Å². The van der Waals surface area contributed by atoms with Gasteiger partial charge in [0.25, 0.3) is 0 Å². The Balaban J connectivity index is 2.57. The number of carbonyl (C=O) groups excluding carboxylic acids is 2. The number of carbonyl (C=O) groups is 2. The molecule has 30 heavy (non-hydrogen) atoms. The van der Waals surface area contributed by atoms with Gasteiger partial charge in [-0.15, -0.1) is 0 Å². The van der Waals surface area contributed by atoms with Gasteiger partial charge < -0.3 is 9.47 Å². The van der Waals surface area contributed by atoms with Crippen LogP contribution in [0.15, 0.2) is 0 Å². The molecule has 0 radical (unpaired) electrons. The minimum atomic E-state index is -0.0605. The SMILES string of the molecule is COC(=O)CC1(C)CCCCCCCCC(C)(CC(=O)OC)CCCCCCCC1. The van der Waals surface area contributed by atoms with Crippen LogP contribution in [-0.2, 0) is 19.1 Å². The molecule has 0 unspecified atom stereocenters. The van der Waals surface area contributed by atoms with Gasteiger partial charge >= 0.3 is 11.9 Å². The minimum absolute atomic E-state index is 0.0605. The van der Waals surface area contributed by atoms with E-state index in [2.05, 4.69) is 13.8 Å². The Labute approximate surface area is 185 Å². The van der Waals surface area contributed by atoms with E-state index in [1.165, 1.54) is 91.3 Å². The molecule has 0 saturated heterocycles. The van der Waals surface area contributed by atoms with Gasteiger partial charge in [-0.2, -0.15) is 0 Å².